The Hall–Kier alpha value is -1.42. The predicted octanol–water partition coefficient (Wildman–Crippen LogP) is 2.49. The fraction of sp³-hybridized carbons (Fsp3) is 0.571. The third-order valence-electron chi connectivity index (χ3n) is 2.87. The van der Waals surface area contributed by atoms with E-state index in [-0.39, 0.29) is 12.6 Å². The van der Waals surface area contributed by atoms with Crippen molar-refractivity contribution in [3.8, 4) is 5.75 Å². The Morgan fingerprint density at radius 2 is 2.11 bits per heavy atom. The molecule has 0 fully saturated rings. The molecular weight excluding hydrogens is 228 g/mol. The van der Waals surface area contributed by atoms with Crippen molar-refractivity contribution < 1.29 is 9.84 Å². The maximum atomic E-state index is 9.32. The van der Waals surface area contributed by atoms with Crippen LogP contribution in [0.5, 0.6) is 5.75 Å². The molecule has 1 aromatic carbocycles. The number of benzene rings is 1. The first kappa shape index (κ1) is 14.6. The summed E-state index contributed by atoms with van der Waals surface area (Å²) in [4.78, 5) is 0. The van der Waals surface area contributed by atoms with Crippen molar-refractivity contribution in [1.82, 2.24) is 0 Å². The third-order valence-corrected chi connectivity index (χ3v) is 2.87. The van der Waals surface area contributed by atoms with E-state index in [9.17, 15) is 5.11 Å². The van der Waals surface area contributed by atoms with Crippen LogP contribution >= 0.6 is 0 Å². The summed E-state index contributed by atoms with van der Waals surface area (Å²) in [7, 11) is 0. The summed E-state index contributed by atoms with van der Waals surface area (Å²) < 4.78 is 5.57. The second kappa shape index (κ2) is 7.11. The highest BCUT2D eigenvalue weighted by molar-refractivity contribution is 5.73. The first-order valence-electron chi connectivity index (χ1n) is 6.48. The maximum Gasteiger partial charge on any atom is 0.144 e. The van der Waals surface area contributed by atoms with Crippen LogP contribution < -0.4 is 15.8 Å². The summed E-state index contributed by atoms with van der Waals surface area (Å²) >= 11 is 0. The number of aliphatic hydroxyl groups is 1. The first-order valence-corrected chi connectivity index (χ1v) is 6.48. The van der Waals surface area contributed by atoms with Crippen molar-refractivity contribution >= 4 is 11.4 Å². The summed E-state index contributed by atoms with van der Waals surface area (Å²) in [6.45, 7) is 6.90. The summed E-state index contributed by atoms with van der Waals surface area (Å²) in [6.07, 6.45) is 0.947. The molecule has 0 amide bonds. The molecule has 0 saturated heterocycles. The van der Waals surface area contributed by atoms with Gasteiger partial charge in [0.15, 0.2) is 0 Å². The van der Waals surface area contributed by atoms with Gasteiger partial charge in [-0.2, -0.15) is 0 Å². The van der Waals surface area contributed by atoms with Crippen LogP contribution in [0, 0.1) is 5.92 Å². The maximum absolute atomic E-state index is 9.32. The van der Waals surface area contributed by atoms with Gasteiger partial charge < -0.3 is 20.9 Å². The van der Waals surface area contributed by atoms with E-state index >= 15 is 0 Å². The average Bonchev–Trinajstić information content (AvgIpc) is 2.35. The van der Waals surface area contributed by atoms with Crippen LogP contribution in [0.3, 0.4) is 0 Å². The van der Waals surface area contributed by atoms with E-state index < -0.39 is 0 Å². The van der Waals surface area contributed by atoms with E-state index in [1.807, 2.05) is 18.2 Å². The number of rotatable bonds is 7. The molecule has 1 rings (SSSR count). The molecule has 1 aromatic rings. The smallest absolute Gasteiger partial charge is 0.144 e. The first-order chi connectivity index (χ1) is 8.60. The van der Waals surface area contributed by atoms with Gasteiger partial charge in [-0.3, -0.25) is 0 Å². The number of aliphatic hydroxyl groups excluding tert-OH is 1. The van der Waals surface area contributed by atoms with Crippen molar-refractivity contribution in [1.29, 1.82) is 0 Å². The lowest BCUT2D eigenvalue weighted by molar-refractivity contribution is 0.249. The Morgan fingerprint density at radius 1 is 1.39 bits per heavy atom. The minimum Gasteiger partial charge on any atom is -0.491 e. The Labute approximate surface area is 109 Å². The van der Waals surface area contributed by atoms with E-state index in [1.165, 1.54) is 0 Å². The molecule has 0 aliphatic heterocycles. The SMILES string of the molecule is CCCOc1cccc(N[C@H](CO)C(C)C)c1N. The zero-order valence-corrected chi connectivity index (χ0v) is 11.4. The van der Waals surface area contributed by atoms with Crippen molar-refractivity contribution in [3.05, 3.63) is 18.2 Å². The minimum atomic E-state index is -0.00581. The van der Waals surface area contributed by atoms with Crippen LogP contribution in [0.15, 0.2) is 18.2 Å². The lowest BCUT2D eigenvalue weighted by Crippen LogP contribution is -2.29. The molecule has 4 N–H and O–H groups in total. The molecule has 0 aliphatic rings. The van der Waals surface area contributed by atoms with Crippen LogP contribution in [-0.4, -0.2) is 24.4 Å². The summed E-state index contributed by atoms with van der Waals surface area (Å²) in [5.41, 5.74) is 7.48. The average molecular weight is 252 g/mol. The molecule has 1 atom stereocenters. The lowest BCUT2D eigenvalue weighted by atomic mass is 10.0. The van der Waals surface area contributed by atoms with Crippen LogP contribution in [0.4, 0.5) is 11.4 Å². The van der Waals surface area contributed by atoms with Gasteiger partial charge in [-0.05, 0) is 24.5 Å². The number of hydrogen-bond donors (Lipinski definition) is 3. The molecule has 0 radical (unpaired) electrons. The second-order valence-corrected chi connectivity index (χ2v) is 4.74. The summed E-state index contributed by atoms with van der Waals surface area (Å²) in [6, 6.07) is 5.66. The highest BCUT2D eigenvalue weighted by Gasteiger charge is 2.14. The molecule has 0 bridgehead atoms. The van der Waals surface area contributed by atoms with Gasteiger partial charge in [0.1, 0.15) is 5.75 Å². The topological polar surface area (TPSA) is 67.5 Å². The molecule has 4 heteroatoms. The predicted molar refractivity (Wildman–Crippen MR) is 76.0 cm³/mol. The second-order valence-electron chi connectivity index (χ2n) is 4.74. The Balaban J connectivity index is 2.82. The van der Waals surface area contributed by atoms with E-state index in [4.69, 9.17) is 10.5 Å². The number of hydrogen-bond acceptors (Lipinski definition) is 4. The quantitative estimate of drug-likeness (QED) is 0.652. The van der Waals surface area contributed by atoms with Gasteiger partial charge in [0.2, 0.25) is 0 Å². The van der Waals surface area contributed by atoms with E-state index in [2.05, 4.69) is 26.1 Å². The van der Waals surface area contributed by atoms with Gasteiger partial charge in [-0.25, -0.2) is 0 Å². The van der Waals surface area contributed by atoms with Gasteiger partial charge in [0, 0.05) is 0 Å². The molecule has 102 valence electrons. The standard InChI is InChI=1S/C14H24N2O2/c1-4-8-18-13-7-5-6-11(14(13)15)16-12(9-17)10(2)3/h5-7,10,12,16-17H,4,8-9,15H2,1-3H3/t12-/m1/s1. The van der Waals surface area contributed by atoms with Gasteiger partial charge in [-0.15, -0.1) is 0 Å². The van der Waals surface area contributed by atoms with Crippen molar-refractivity contribution in [2.24, 2.45) is 5.92 Å². The van der Waals surface area contributed by atoms with Gasteiger partial charge in [0.05, 0.1) is 30.6 Å². The van der Waals surface area contributed by atoms with Gasteiger partial charge in [0.25, 0.3) is 0 Å². The number of nitrogens with one attached hydrogen (secondary N) is 1. The Bertz CT molecular complexity index is 367. The third kappa shape index (κ3) is 3.81. The molecule has 0 spiro atoms. The van der Waals surface area contributed by atoms with Crippen molar-refractivity contribution in [3.63, 3.8) is 0 Å². The monoisotopic (exact) mass is 252 g/mol. The highest BCUT2D eigenvalue weighted by Crippen LogP contribution is 2.30. The molecule has 0 aromatic heterocycles. The fourth-order valence-electron chi connectivity index (χ4n) is 1.63. The molecule has 0 heterocycles. The highest BCUT2D eigenvalue weighted by atomic mass is 16.5. The van der Waals surface area contributed by atoms with Gasteiger partial charge >= 0.3 is 0 Å². The molecule has 18 heavy (non-hydrogen) atoms. The van der Waals surface area contributed by atoms with Crippen molar-refractivity contribution in [2.75, 3.05) is 24.3 Å². The number of ether oxygens (including phenoxy) is 1. The van der Waals surface area contributed by atoms with E-state index in [0.717, 1.165) is 12.1 Å². The minimum absolute atomic E-state index is 0.00581. The van der Waals surface area contributed by atoms with Crippen LogP contribution in [0.25, 0.3) is 0 Å². The number of nitrogens with two attached hydrogens (primary N) is 1. The molecular formula is C14H24N2O2. The zero-order valence-electron chi connectivity index (χ0n) is 11.4. The van der Waals surface area contributed by atoms with Crippen LogP contribution in [-0.2, 0) is 0 Å². The van der Waals surface area contributed by atoms with E-state index in [0.29, 0.717) is 24.0 Å². The number of anilines is 2. The van der Waals surface area contributed by atoms with E-state index in [1.54, 1.807) is 0 Å². The van der Waals surface area contributed by atoms with Gasteiger partial charge in [-0.1, -0.05) is 26.8 Å². The zero-order chi connectivity index (χ0) is 13.5. The lowest BCUT2D eigenvalue weighted by Gasteiger charge is -2.23. The fourth-order valence-corrected chi connectivity index (χ4v) is 1.63. The summed E-state index contributed by atoms with van der Waals surface area (Å²) in [5.74, 6) is 1.02. The largest absolute Gasteiger partial charge is 0.491 e. The molecule has 0 saturated carbocycles. The van der Waals surface area contributed by atoms with Crippen molar-refractivity contribution in [2.45, 2.75) is 33.2 Å². The normalized spacial score (nSPS) is 12.5. The van der Waals surface area contributed by atoms with Crippen LogP contribution in [0.1, 0.15) is 27.2 Å². The molecule has 0 aliphatic carbocycles. The van der Waals surface area contributed by atoms with Crippen LogP contribution in [0.2, 0.25) is 0 Å². The number of nitrogen functional groups attached to an aromatic ring is 1. The Kier molecular flexibility index (Phi) is 5.78. The number of para-hydroxylation sites is 1. The Morgan fingerprint density at radius 3 is 2.67 bits per heavy atom. The molecule has 4 nitrogen and oxygen atoms in total. The summed E-state index contributed by atoms with van der Waals surface area (Å²) in [5, 5.41) is 12.6. The molecule has 0 unspecified atom stereocenters.